The molecule has 2 rings (SSSR count). The molecule has 0 bridgehead atoms. The maximum absolute atomic E-state index is 5.75. The van der Waals surface area contributed by atoms with Gasteiger partial charge in [0.2, 0.25) is 0 Å². The molecule has 0 fully saturated rings. The van der Waals surface area contributed by atoms with Crippen molar-refractivity contribution >= 4 is 23.0 Å². The minimum absolute atomic E-state index is 0.109. The van der Waals surface area contributed by atoms with Crippen molar-refractivity contribution in [3.8, 4) is 0 Å². The van der Waals surface area contributed by atoms with E-state index in [1.807, 2.05) is 12.3 Å². The van der Waals surface area contributed by atoms with E-state index in [4.69, 9.17) is 17.0 Å². The molecule has 5 heteroatoms. The number of pyridine rings is 1. The molecule has 0 aliphatic rings. The molecule has 25 heavy (non-hydrogen) atoms. The number of ether oxygens (including phenoxy) is 1. The second kappa shape index (κ2) is 9.49. The van der Waals surface area contributed by atoms with Crippen molar-refractivity contribution in [3.63, 3.8) is 0 Å². The third kappa shape index (κ3) is 5.00. The van der Waals surface area contributed by atoms with E-state index in [-0.39, 0.29) is 6.04 Å². The summed E-state index contributed by atoms with van der Waals surface area (Å²) in [6.07, 6.45) is 4.63. The van der Waals surface area contributed by atoms with Crippen molar-refractivity contribution in [2.45, 2.75) is 33.2 Å². The molecular formula is C20H27N3OS. The van der Waals surface area contributed by atoms with Gasteiger partial charge in [0.05, 0.1) is 12.6 Å². The van der Waals surface area contributed by atoms with E-state index in [1.165, 1.54) is 11.1 Å². The van der Waals surface area contributed by atoms with Gasteiger partial charge in [-0.2, -0.15) is 0 Å². The number of nitrogens with one attached hydrogen (secondary N) is 1. The number of hydrogen-bond acceptors (Lipinski definition) is 3. The van der Waals surface area contributed by atoms with E-state index in [2.05, 4.69) is 60.2 Å². The highest BCUT2D eigenvalue weighted by molar-refractivity contribution is 7.80. The molecule has 4 nitrogen and oxygen atoms in total. The molecule has 1 heterocycles. The van der Waals surface area contributed by atoms with E-state index >= 15 is 0 Å². The van der Waals surface area contributed by atoms with Crippen LogP contribution in [-0.4, -0.2) is 35.3 Å². The van der Waals surface area contributed by atoms with Gasteiger partial charge in [-0.1, -0.05) is 31.2 Å². The first-order valence-electron chi connectivity index (χ1n) is 8.63. The van der Waals surface area contributed by atoms with Gasteiger partial charge < -0.3 is 15.0 Å². The van der Waals surface area contributed by atoms with Gasteiger partial charge >= 0.3 is 0 Å². The zero-order valence-electron chi connectivity index (χ0n) is 15.5. The van der Waals surface area contributed by atoms with Crippen LogP contribution in [-0.2, 0) is 11.2 Å². The molecule has 0 amide bonds. The fourth-order valence-electron chi connectivity index (χ4n) is 2.84. The van der Waals surface area contributed by atoms with Gasteiger partial charge in [-0.15, -0.1) is 0 Å². The predicted molar refractivity (Wildman–Crippen MR) is 108 cm³/mol. The van der Waals surface area contributed by atoms with Crippen LogP contribution in [0.2, 0.25) is 0 Å². The summed E-state index contributed by atoms with van der Waals surface area (Å²) < 4.78 is 5.28. The van der Waals surface area contributed by atoms with Gasteiger partial charge in [-0.25, -0.2) is 0 Å². The van der Waals surface area contributed by atoms with Gasteiger partial charge in [0.15, 0.2) is 5.11 Å². The van der Waals surface area contributed by atoms with Gasteiger partial charge in [0.25, 0.3) is 0 Å². The van der Waals surface area contributed by atoms with Crippen LogP contribution in [0, 0.1) is 6.92 Å². The highest BCUT2D eigenvalue weighted by atomic mass is 32.1. The number of rotatable bonds is 7. The Labute approximate surface area is 156 Å². The molecular weight excluding hydrogens is 330 g/mol. The molecule has 0 aliphatic heterocycles. The molecule has 2 aromatic rings. The Morgan fingerprint density at radius 3 is 2.76 bits per heavy atom. The van der Waals surface area contributed by atoms with E-state index < -0.39 is 0 Å². The van der Waals surface area contributed by atoms with Crippen molar-refractivity contribution in [2.24, 2.45) is 0 Å². The number of anilines is 1. The molecule has 0 aliphatic carbocycles. The van der Waals surface area contributed by atoms with E-state index in [0.717, 1.165) is 17.7 Å². The lowest BCUT2D eigenvalue weighted by molar-refractivity contribution is 0.165. The minimum Gasteiger partial charge on any atom is -0.383 e. The van der Waals surface area contributed by atoms with Gasteiger partial charge in [0, 0.05) is 31.7 Å². The lowest BCUT2D eigenvalue weighted by Gasteiger charge is -2.32. The van der Waals surface area contributed by atoms with Crippen LogP contribution in [0.4, 0.5) is 5.69 Å². The zero-order valence-corrected chi connectivity index (χ0v) is 16.3. The average Bonchev–Trinajstić information content (AvgIpc) is 2.64. The smallest absolute Gasteiger partial charge is 0.174 e. The number of nitrogens with zero attached hydrogens (tertiary/aromatic N) is 2. The Bertz CT molecular complexity index is 691. The summed E-state index contributed by atoms with van der Waals surface area (Å²) >= 11 is 5.75. The second-order valence-electron chi connectivity index (χ2n) is 6.04. The number of para-hydroxylation sites is 1. The maximum atomic E-state index is 5.75. The maximum Gasteiger partial charge on any atom is 0.174 e. The number of thiocarbonyl (C=S) groups is 1. The summed E-state index contributed by atoms with van der Waals surface area (Å²) in [6, 6.07) is 10.5. The molecule has 1 aromatic carbocycles. The Kier molecular flexibility index (Phi) is 7.34. The van der Waals surface area contributed by atoms with Crippen molar-refractivity contribution in [1.29, 1.82) is 0 Å². The molecule has 134 valence electrons. The summed E-state index contributed by atoms with van der Waals surface area (Å²) in [4.78, 5) is 6.39. The number of aromatic nitrogens is 1. The molecule has 1 N–H and O–H groups in total. The summed E-state index contributed by atoms with van der Waals surface area (Å²) in [6.45, 7) is 7.73. The predicted octanol–water partition coefficient (Wildman–Crippen LogP) is 4.36. The molecule has 0 radical (unpaired) electrons. The first-order chi connectivity index (χ1) is 12.1. The number of methoxy groups -OCH3 is 1. The van der Waals surface area contributed by atoms with Crippen LogP contribution in [0.15, 0.2) is 42.7 Å². The lowest BCUT2D eigenvalue weighted by atomic mass is 10.1. The van der Waals surface area contributed by atoms with Gasteiger partial charge in [-0.05, 0) is 55.2 Å². The summed E-state index contributed by atoms with van der Waals surface area (Å²) in [5.74, 6) is 0. The minimum atomic E-state index is 0.109. The Hall–Kier alpha value is -1.98. The fraction of sp³-hybridized carbons (Fsp3) is 0.400. The summed E-state index contributed by atoms with van der Waals surface area (Å²) in [5.41, 5.74) is 4.70. The quantitative estimate of drug-likeness (QED) is 0.745. The summed E-state index contributed by atoms with van der Waals surface area (Å²) in [7, 11) is 1.71. The fourth-order valence-corrected chi connectivity index (χ4v) is 3.20. The first-order valence-corrected chi connectivity index (χ1v) is 9.04. The van der Waals surface area contributed by atoms with Crippen molar-refractivity contribution in [3.05, 3.63) is 59.4 Å². The highest BCUT2D eigenvalue weighted by Crippen LogP contribution is 2.24. The van der Waals surface area contributed by atoms with Crippen molar-refractivity contribution < 1.29 is 4.74 Å². The molecule has 0 saturated carbocycles. The highest BCUT2D eigenvalue weighted by Gasteiger charge is 2.20. The molecule has 1 atom stereocenters. The van der Waals surface area contributed by atoms with Gasteiger partial charge in [0.1, 0.15) is 0 Å². The van der Waals surface area contributed by atoms with Crippen LogP contribution in [0.5, 0.6) is 0 Å². The average molecular weight is 358 g/mol. The Balaban J connectivity index is 2.24. The van der Waals surface area contributed by atoms with E-state index in [0.29, 0.717) is 18.3 Å². The normalized spacial score (nSPS) is 11.8. The lowest BCUT2D eigenvalue weighted by Crippen LogP contribution is -2.39. The Morgan fingerprint density at radius 1 is 1.32 bits per heavy atom. The van der Waals surface area contributed by atoms with Crippen LogP contribution < -0.4 is 5.32 Å². The Morgan fingerprint density at radius 2 is 2.12 bits per heavy atom. The molecule has 0 unspecified atom stereocenters. The van der Waals surface area contributed by atoms with Crippen LogP contribution in [0.1, 0.15) is 36.6 Å². The third-order valence-electron chi connectivity index (χ3n) is 4.40. The number of aryl methyl sites for hydroxylation is 2. The van der Waals surface area contributed by atoms with Crippen LogP contribution in [0.25, 0.3) is 0 Å². The first kappa shape index (κ1) is 19.3. The topological polar surface area (TPSA) is 37.4 Å². The summed E-state index contributed by atoms with van der Waals surface area (Å²) in [5, 5.41) is 4.18. The van der Waals surface area contributed by atoms with E-state index in [1.54, 1.807) is 13.3 Å². The van der Waals surface area contributed by atoms with E-state index in [9.17, 15) is 0 Å². The largest absolute Gasteiger partial charge is 0.383 e. The number of benzene rings is 1. The second-order valence-corrected chi connectivity index (χ2v) is 6.43. The zero-order chi connectivity index (χ0) is 18.2. The van der Waals surface area contributed by atoms with Crippen LogP contribution in [0.3, 0.4) is 0 Å². The number of hydrogen-bond donors (Lipinski definition) is 1. The van der Waals surface area contributed by atoms with Crippen LogP contribution >= 0.6 is 12.2 Å². The van der Waals surface area contributed by atoms with Gasteiger partial charge in [-0.3, -0.25) is 4.98 Å². The molecule has 0 saturated heterocycles. The SMILES string of the molecule is CCc1cccc(C)c1NC(=S)N(CCOC)[C@@H](C)c1cccnc1. The van der Waals surface area contributed by atoms with Crippen molar-refractivity contribution in [1.82, 2.24) is 9.88 Å². The standard InChI is InChI=1S/C20H27N3OS/c1-5-17-9-6-8-15(2)19(17)22-20(25)23(12-13-24-4)16(3)18-10-7-11-21-14-18/h6-11,14,16H,5,12-13H2,1-4H3,(H,22,25)/t16-/m0/s1. The van der Waals surface area contributed by atoms with Crippen molar-refractivity contribution in [2.75, 3.05) is 25.6 Å². The molecule has 0 spiro atoms. The molecule has 1 aromatic heterocycles. The monoisotopic (exact) mass is 357 g/mol. The third-order valence-corrected chi connectivity index (χ3v) is 4.74.